The Balaban J connectivity index is 1.69. The minimum Gasteiger partial charge on any atom is -0.355 e. The van der Waals surface area contributed by atoms with E-state index in [2.05, 4.69) is 15.8 Å². The fourth-order valence-corrected chi connectivity index (χ4v) is 2.16. The second kappa shape index (κ2) is 6.78. The molecule has 0 saturated heterocycles. The van der Waals surface area contributed by atoms with Gasteiger partial charge in [0.1, 0.15) is 0 Å². The maximum Gasteiger partial charge on any atom is 0.277 e. The predicted octanol–water partition coefficient (Wildman–Crippen LogP) is 3.55. The molecule has 1 aromatic heterocycles. The van der Waals surface area contributed by atoms with Gasteiger partial charge in [-0.25, -0.2) is 0 Å². The van der Waals surface area contributed by atoms with Crippen molar-refractivity contribution in [2.45, 2.75) is 6.92 Å². The average molecular weight is 321 g/mol. The van der Waals surface area contributed by atoms with Gasteiger partial charge < -0.3 is 15.2 Å². The Morgan fingerprint density at radius 1 is 0.917 bits per heavy atom. The minimum atomic E-state index is -0.367. The molecule has 3 aromatic rings. The maximum absolute atomic E-state index is 12.2. The van der Waals surface area contributed by atoms with E-state index in [9.17, 15) is 9.59 Å². The molecule has 24 heavy (non-hydrogen) atoms. The summed E-state index contributed by atoms with van der Waals surface area (Å²) in [5, 5.41) is 9.19. The van der Waals surface area contributed by atoms with Crippen molar-refractivity contribution in [2.24, 2.45) is 0 Å². The third-order valence-corrected chi connectivity index (χ3v) is 3.26. The molecule has 0 aliphatic heterocycles. The maximum atomic E-state index is 12.2. The van der Waals surface area contributed by atoms with Crippen molar-refractivity contribution in [3.63, 3.8) is 0 Å². The van der Waals surface area contributed by atoms with Crippen LogP contribution < -0.4 is 10.6 Å². The molecule has 0 fully saturated rings. The van der Waals surface area contributed by atoms with E-state index < -0.39 is 0 Å². The van der Waals surface area contributed by atoms with Gasteiger partial charge in [0.05, 0.1) is 0 Å². The summed E-state index contributed by atoms with van der Waals surface area (Å²) in [5.74, 6) is 0.0118. The highest BCUT2D eigenvalue weighted by molar-refractivity contribution is 6.03. The van der Waals surface area contributed by atoms with Crippen LogP contribution in [0.5, 0.6) is 0 Å². The third-order valence-electron chi connectivity index (χ3n) is 3.26. The summed E-state index contributed by atoms with van der Waals surface area (Å²) < 4.78 is 5.21. The number of rotatable bonds is 4. The summed E-state index contributed by atoms with van der Waals surface area (Å²) in [6, 6.07) is 17.8. The molecule has 0 unspecified atom stereocenters. The first-order chi connectivity index (χ1) is 11.6. The van der Waals surface area contributed by atoms with Crippen LogP contribution in [0.15, 0.2) is 65.2 Å². The van der Waals surface area contributed by atoms with E-state index in [1.807, 2.05) is 30.3 Å². The van der Waals surface area contributed by atoms with Crippen LogP contribution in [0.3, 0.4) is 0 Å². The molecule has 2 aromatic carbocycles. The second-order valence-corrected chi connectivity index (χ2v) is 5.16. The largest absolute Gasteiger partial charge is 0.355 e. The fourth-order valence-electron chi connectivity index (χ4n) is 2.16. The summed E-state index contributed by atoms with van der Waals surface area (Å²) in [5.41, 5.74) is 2.30. The Kier molecular flexibility index (Phi) is 4.38. The van der Waals surface area contributed by atoms with Gasteiger partial charge in [-0.05, 0) is 24.3 Å². The number of nitrogens with zero attached hydrogens (tertiary/aromatic N) is 1. The number of nitrogens with one attached hydrogen (secondary N) is 2. The molecule has 6 heteroatoms. The van der Waals surface area contributed by atoms with Gasteiger partial charge in [0.25, 0.3) is 5.91 Å². The molecule has 1 heterocycles. The highest BCUT2D eigenvalue weighted by atomic mass is 16.5. The summed E-state index contributed by atoms with van der Waals surface area (Å²) in [7, 11) is 0. The van der Waals surface area contributed by atoms with Crippen molar-refractivity contribution < 1.29 is 14.1 Å². The van der Waals surface area contributed by atoms with Gasteiger partial charge in [0.2, 0.25) is 5.91 Å². The zero-order valence-corrected chi connectivity index (χ0v) is 12.9. The molecule has 0 bridgehead atoms. The molecule has 2 amide bonds. The molecule has 0 atom stereocenters. The van der Waals surface area contributed by atoms with Crippen LogP contribution in [0.1, 0.15) is 17.4 Å². The fraction of sp³-hybridized carbons (Fsp3) is 0.0556. The van der Waals surface area contributed by atoms with Crippen molar-refractivity contribution in [3.8, 4) is 11.3 Å². The molecule has 0 aliphatic rings. The van der Waals surface area contributed by atoms with E-state index in [0.717, 1.165) is 5.56 Å². The van der Waals surface area contributed by atoms with Gasteiger partial charge in [-0.3, -0.25) is 9.59 Å². The molecule has 0 saturated carbocycles. The van der Waals surface area contributed by atoms with E-state index in [1.165, 1.54) is 6.92 Å². The Bertz CT molecular complexity index is 855. The van der Waals surface area contributed by atoms with Crippen molar-refractivity contribution in [1.29, 1.82) is 0 Å². The highest BCUT2D eigenvalue weighted by Gasteiger charge is 2.13. The Hall–Kier alpha value is -3.41. The van der Waals surface area contributed by atoms with Crippen LogP contribution in [-0.2, 0) is 4.79 Å². The summed E-state index contributed by atoms with van der Waals surface area (Å²) >= 11 is 0. The summed E-state index contributed by atoms with van der Waals surface area (Å²) in [6.07, 6.45) is 0. The molecule has 0 radical (unpaired) electrons. The van der Waals surface area contributed by atoms with Gasteiger partial charge >= 0.3 is 0 Å². The van der Waals surface area contributed by atoms with Crippen LogP contribution in [0.2, 0.25) is 0 Å². The first-order valence-electron chi connectivity index (χ1n) is 7.33. The van der Waals surface area contributed by atoms with E-state index in [4.69, 9.17) is 4.52 Å². The number of amides is 2. The zero-order valence-electron chi connectivity index (χ0n) is 12.9. The topological polar surface area (TPSA) is 84.2 Å². The molecule has 6 nitrogen and oxygen atoms in total. The van der Waals surface area contributed by atoms with Crippen LogP contribution in [0.4, 0.5) is 11.4 Å². The average Bonchev–Trinajstić information content (AvgIpc) is 3.07. The van der Waals surface area contributed by atoms with Crippen LogP contribution in [0.25, 0.3) is 11.3 Å². The second-order valence-electron chi connectivity index (χ2n) is 5.16. The summed E-state index contributed by atoms with van der Waals surface area (Å²) in [6.45, 7) is 1.44. The standard InChI is InChI=1S/C18H15N3O3/c1-12(22)19-14-7-9-15(10-8-14)20-18(23)16-11-17(24-21-16)13-5-3-2-4-6-13/h2-11H,1H3,(H,19,22)(H,20,23). The van der Waals surface area contributed by atoms with Gasteiger partial charge in [-0.15, -0.1) is 0 Å². The van der Waals surface area contributed by atoms with E-state index in [1.54, 1.807) is 30.3 Å². The number of carbonyl (C=O) groups excluding carboxylic acids is 2. The number of anilines is 2. The lowest BCUT2D eigenvalue weighted by Crippen LogP contribution is -2.12. The van der Waals surface area contributed by atoms with E-state index in [-0.39, 0.29) is 17.5 Å². The normalized spacial score (nSPS) is 10.2. The minimum absolute atomic E-state index is 0.150. The molecule has 3 rings (SSSR count). The van der Waals surface area contributed by atoms with Gasteiger partial charge in [0.15, 0.2) is 11.5 Å². The lowest BCUT2D eigenvalue weighted by atomic mass is 10.1. The Morgan fingerprint density at radius 3 is 2.17 bits per heavy atom. The number of benzene rings is 2. The van der Waals surface area contributed by atoms with Crippen LogP contribution in [0, 0.1) is 0 Å². The predicted molar refractivity (Wildman–Crippen MR) is 90.6 cm³/mol. The Morgan fingerprint density at radius 2 is 1.54 bits per heavy atom. The molecular formula is C18H15N3O3. The van der Waals surface area contributed by atoms with Crippen molar-refractivity contribution in [1.82, 2.24) is 5.16 Å². The number of hydrogen-bond acceptors (Lipinski definition) is 4. The SMILES string of the molecule is CC(=O)Nc1ccc(NC(=O)c2cc(-c3ccccc3)on2)cc1. The number of carbonyl (C=O) groups is 2. The number of aromatic nitrogens is 1. The van der Waals surface area contributed by atoms with E-state index >= 15 is 0 Å². The van der Waals surface area contributed by atoms with E-state index in [0.29, 0.717) is 17.1 Å². The van der Waals surface area contributed by atoms with Crippen LogP contribution in [-0.4, -0.2) is 17.0 Å². The third kappa shape index (κ3) is 3.67. The first-order valence-corrected chi connectivity index (χ1v) is 7.33. The van der Waals surface area contributed by atoms with Crippen molar-refractivity contribution in [2.75, 3.05) is 10.6 Å². The van der Waals surface area contributed by atoms with Crippen molar-refractivity contribution >= 4 is 23.2 Å². The Labute approximate surface area is 138 Å². The van der Waals surface area contributed by atoms with Gasteiger partial charge in [-0.2, -0.15) is 0 Å². The van der Waals surface area contributed by atoms with Gasteiger partial charge in [-0.1, -0.05) is 35.5 Å². The molecule has 120 valence electrons. The molecule has 0 aliphatic carbocycles. The summed E-state index contributed by atoms with van der Waals surface area (Å²) in [4.78, 5) is 23.2. The lowest BCUT2D eigenvalue weighted by Gasteiger charge is -2.05. The van der Waals surface area contributed by atoms with Crippen molar-refractivity contribution in [3.05, 3.63) is 66.4 Å². The first kappa shape index (κ1) is 15.5. The zero-order chi connectivity index (χ0) is 16.9. The van der Waals surface area contributed by atoms with Gasteiger partial charge in [0, 0.05) is 29.9 Å². The van der Waals surface area contributed by atoms with Crippen LogP contribution >= 0.6 is 0 Å². The number of hydrogen-bond donors (Lipinski definition) is 2. The smallest absolute Gasteiger partial charge is 0.277 e. The quantitative estimate of drug-likeness (QED) is 0.769. The molecule has 2 N–H and O–H groups in total. The molecule has 0 spiro atoms. The monoisotopic (exact) mass is 321 g/mol. The highest BCUT2D eigenvalue weighted by Crippen LogP contribution is 2.20. The lowest BCUT2D eigenvalue weighted by molar-refractivity contribution is -0.114. The molecular weight excluding hydrogens is 306 g/mol.